The number of nitrogens with one attached hydrogen (secondary N) is 1. The summed E-state index contributed by atoms with van der Waals surface area (Å²) in [5.41, 5.74) is 5.09. The minimum Gasteiger partial charge on any atom is -0.481 e. The van der Waals surface area contributed by atoms with Gasteiger partial charge in [-0.2, -0.15) is 0 Å². The van der Waals surface area contributed by atoms with Crippen molar-refractivity contribution in [2.45, 2.75) is 12.5 Å². The summed E-state index contributed by atoms with van der Waals surface area (Å²) >= 11 is 0. The van der Waals surface area contributed by atoms with Crippen molar-refractivity contribution in [1.29, 1.82) is 0 Å². The number of aromatic nitrogens is 2. The summed E-state index contributed by atoms with van der Waals surface area (Å²) in [5.74, 6) is -0.846. The predicted molar refractivity (Wildman–Crippen MR) is 66.8 cm³/mol. The summed E-state index contributed by atoms with van der Waals surface area (Å²) < 4.78 is 5.52. The number of nitrogen functional groups attached to an aromatic ring is 1. The number of aliphatic carboxylic acids is 1. The van der Waals surface area contributed by atoms with Crippen LogP contribution >= 0.6 is 0 Å². The Hall–Kier alpha value is -1.93. The molecular weight excluding hydrogens is 252 g/mol. The lowest BCUT2D eigenvalue weighted by molar-refractivity contribution is -0.136. The summed E-state index contributed by atoms with van der Waals surface area (Å²) in [6.07, 6.45) is -0.799. The number of carbonyl (C=O) groups is 1. The number of likely N-dealkylation sites (N-methyl/N-ethyl adjacent to an activating group) is 1. The number of carboxylic acid groups (broad SMARTS) is 1. The molecule has 2 heterocycles. The van der Waals surface area contributed by atoms with Gasteiger partial charge in [-0.05, 0) is 7.05 Å². The lowest BCUT2D eigenvalue weighted by Gasteiger charge is -2.29. The van der Waals surface area contributed by atoms with Crippen molar-refractivity contribution < 1.29 is 14.6 Å². The van der Waals surface area contributed by atoms with Crippen molar-refractivity contribution in [3.8, 4) is 0 Å². The third-order valence-corrected chi connectivity index (χ3v) is 2.97. The zero-order valence-electron chi connectivity index (χ0n) is 10.5. The zero-order chi connectivity index (χ0) is 14.0. The number of anilines is 1. The van der Waals surface area contributed by atoms with E-state index >= 15 is 0 Å². The Morgan fingerprint density at radius 2 is 2.42 bits per heavy atom. The van der Waals surface area contributed by atoms with Crippen LogP contribution in [0.3, 0.4) is 0 Å². The van der Waals surface area contributed by atoms with Gasteiger partial charge in [-0.1, -0.05) is 0 Å². The van der Waals surface area contributed by atoms with Gasteiger partial charge in [0.15, 0.2) is 0 Å². The number of aromatic amines is 1. The highest BCUT2D eigenvalue weighted by molar-refractivity contribution is 5.71. The van der Waals surface area contributed by atoms with Gasteiger partial charge in [0.05, 0.1) is 18.6 Å². The minimum atomic E-state index is -1.12. The topological polar surface area (TPSA) is 122 Å². The fourth-order valence-electron chi connectivity index (χ4n) is 1.95. The number of H-pyrrole nitrogens is 1. The Kier molecular flexibility index (Phi) is 3.82. The summed E-state index contributed by atoms with van der Waals surface area (Å²) in [6.45, 7) is 1.95. The second-order valence-corrected chi connectivity index (χ2v) is 4.51. The number of nitrogens with two attached hydrogens (primary N) is 1. The van der Waals surface area contributed by atoms with Crippen LogP contribution in [0.1, 0.15) is 17.5 Å². The second kappa shape index (κ2) is 5.37. The maximum Gasteiger partial charge on any atom is 0.308 e. The summed E-state index contributed by atoms with van der Waals surface area (Å²) in [6, 6.07) is 0. The standard InChI is InChI=1S/C11H16N4O4/c1-15-2-3-19-7(5-15)10-13-9(12)6(4-8(16)17)11(18)14-10/h7H,2-5H2,1H3,(H,16,17)(H3,12,13,14,18). The fraction of sp³-hybridized carbons (Fsp3) is 0.545. The molecule has 0 spiro atoms. The predicted octanol–water partition coefficient (Wildman–Crippen LogP) is -1.02. The van der Waals surface area contributed by atoms with Gasteiger partial charge in [0, 0.05) is 13.1 Å². The molecule has 8 heteroatoms. The molecule has 2 rings (SSSR count). The lowest BCUT2D eigenvalue weighted by atomic mass is 10.2. The molecular formula is C11H16N4O4. The molecule has 1 aromatic rings. The number of morpholine rings is 1. The van der Waals surface area contributed by atoms with E-state index in [1.807, 2.05) is 7.05 Å². The number of nitrogens with zero attached hydrogens (tertiary/aromatic N) is 2. The van der Waals surface area contributed by atoms with E-state index in [-0.39, 0.29) is 17.5 Å². The van der Waals surface area contributed by atoms with Crippen molar-refractivity contribution in [2.75, 3.05) is 32.5 Å². The van der Waals surface area contributed by atoms with Crippen molar-refractivity contribution in [2.24, 2.45) is 0 Å². The van der Waals surface area contributed by atoms with Crippen molar-refractivity contribution >= 4 is 11.8 Å². The van der Waals surface area contributed by atoms with Gasteiger partial charge in [-0.3, -0.25) is 9.59 Å². The van der Waals surface area contributed by atoms with Crippen LogP contribution in [0.5, 0.6) is 0 Å². The number of hydrogen-bond donors (Lipinski definition) is 3. The maximum absolute atomic E-state index is 11.8. The number of carboxylic acids is 1. The number of rotatable bonds is 3. The molecule has 0 amide bonds. The Labute approximate surface area is 109 Å². The van der Waals surface area contributed by atoms with E-state index in [0.717, 1.165) is 6.54 Å². The van der Waals surface area contributed by atoms with Crippen LogP contribution in [0.25, 0.3) is 0 Å². The third kappa shape index (κ3) is 3.09. The molecule has 0 bridgehead atoms. The highest BCUT2D eigenvalue weighted by Gasteiger charge is 2.23. The van der Waals surface area contributed by atoms with Crippen LogP contribution in [-0.4, -0.2) is 52.7 Å². The smallest absolute Gasteiger partial charge is 0.308 e. The molecule has 4 N–H and O–H groups in total. The van der Waals surface area contributed by atoms with Crippen LogP contribution < -0.4 is 11.3 Å². The van der Waals surface area contributed by atoms with Gasteiger partial charge < -0.3 is 25.5 Å². The largest absolute Gasteiger partial charge is 0.481 e. The van der Waals surface area contributed by atoms with Gasteiger partial charge in [0.25, 0.3) is 5.56 Å². The Morgan fingerprint density at radius 3 is 3.00 bits per heavy atom. The molecule has 104 valence electrons. The first-order valence-electron chi connectivity index (χ1n) is 5.88. The first kappa shape index (κ1) is 13.5. The summed E-state index contributed by atoms with van der Waals surface area (Å²) in [7, 11) is 1.94. The van der Waals surface area contributed by atoms with Crippen LogP contribution in [0, 0.1) is 0 Å². The Morgan fingerprint density at radius 1 is 1.68 bits per heavy atom. The quantitative estimate of drug-likeness (QED) is 0.641. The van der Waals surface area contributed by atoms with E-state index in [2.05, 4.69) is 14.9 Å². The monoisotopic (exact) mass is 268 g/mol. The first-order valence-corrected chi connectivity index (χ1v) is 5.88. The SMILES string of the molecule is CN1CCOC(c2nc(N)c(CC(=O)O)c(=O)[nH]2)C1. The number of ether oxygens (including phenoxy) is 1. The first-order chi connectivity index (χ1) is 8.97. The fourth-order valence-corrected chi connectivity index (χ4v) is 1.95. The number of hydrogen-bond acceptors (Lipinski definition) is 6. The molecule has 1 saturated heterocycles. The molecule has 1 aliphatic heterocycles. The van der Waals surface area contributed by atoms with Gasteiger partial charge in [-0.25, -0.2) is 4.98 Å². The summed E-state index contributed by atoms with van der Waals surface area (Å²) in [5, 5.41) is 8.70. The Balaban J connectivity index is 2.29. The van der Waals surface area contributed by atoms with Crippen LogP contribution in [0.2, 0.25) is 0 Å². The highest BCUT2D eigenvalue weighted by Crippen LogP contribution is 2.18. The normalized spacial score (nSPS) is 20.4. The lowest BCUT2D eigenvalue weighted by Crippen LogP contribution is -2.37. The molecule has 1 unspecified atom stereocenters. The van der Waals surface area contributed by atoms with Crippen molar-refractivity contribution in [3.63, 3.8) is 0 Å². The molecule has 0 aromatic carbocycles. The maximum atomic E-state index is 11.8. The molecule has 1 aliphatic rings. The van der Waals surface area contributed by atoms with Crippen LogP contribution in [0.4, 0.5) is 5.82 Å². The molecule has 1 atom stereocenters. The molecule has 0 radical (unpaired) electrons. The molecule has 19 heavy (non-hydrogen) atoms. The van der Waals surface area contributed by atoms with Gasteiger partial charge in [0.2, 0.25) is 0 Å². The molecule has 8 nitrogen and oxygen atoms in total. The van der Waals surface area contributed by atoms with Crippen LogP contribution in [0.15, 0.2) is 4.79 Å². The van der Waals surface area contributed by atoms with Gasteiger partial charge in [0.1, 0.15) is 17.7 Å². The van der Waals surface area contributed by atoms with E-state index < -0.39 is 17.9 Å². The van der Waals surface area contributed by atoms with E-state index in [9.17, 15) is 9.59 Å². The molecule has 0 saturated carbocycles. The van der Waals surface area contributed by atoms with Crippen molar-refractivity contribution in [3.05, 3.63) is 21.7 Å². The second-order valence-electron chi connectivity index (χ2n) is 4.51. The average Bonchev–Trinajstić information content (AvgIpc) is 2.33. The van der Waals surface area contributed by atoms with Crippen LogP contribution in [-0.2, 0) is 16.0 Å². The molecule has 1 aromatic heterocycles. The van der Waals surface area contributed by atoms with Crippen molar-refractivity contribution in [1.82, 2.24) is 14.9 Å². The van der Waals surface area contributed by atoms with E-state index in [1.54, 1.807) is 0 Å². The van der Waals surface area contributed by atoms with Gasteiger partial charge in [-0.15, -0.1) is 0 Å². The third-order valence-electron chi connectivity index (χ3n) is 2.97. The van der Waals surface area contributed by atoms with E-state index in [0.29, 0.717) is 19.0 Å². The summed E-state index contributed by atoms with van der Waals surface area (Å²) in [4.78, 5) is 31.1. The minimum absolute atomic E-state index is 0.0274. The van der Waals surface area contributed by atoms with E-state index in [4.69, 9.17) is 15.6 Å². The highest BCUT2D eigenvalue weighted by atomic mass is 16.5. The van der Waals surface area contributed by atoms with Gasteiger partial charge >= 0.3 is 5.97 Å². The zero-order valence-corrected chi connectivity index (χ0v) is 10.5. The van der Waals surface area contributed by atoms with E-state index in [1.165, 1.54) is 0 Å². The Bertz CT molecular complexity index is 542. The molecule has 1 fully saturated rings. The average molecular weight is 268 g/mol. The molecule has 0 aliphatic carbocycles.